The number of aliphatic carboxylic acids is 1. The van der Waals surface area contributed by atoms with Crippen molar-refractivity contribution in [3.05, 3.63) is 35.4 Å². The van der Waals surface area contributed by atoms with Crippen molar-refractivity contribution in [3.8, 4) is 0 Å². The number of halogens is 3. The molecule has 1 aliphatic rings. The minimum atomic E-state index is -4.36. The van der Waals surface area contributed by atoms with Crippen LogP contribution in [0.4, 0.5) is 13.2 Å². The predicted molar refractivity (Wildman–Crippen MR) is 123 cm³/mol. The van der Waals surface area contributed by atoms with Crippen LogP contribution in [0.1, 0.15) is 83.8 Å². The number of benzene rings is 1. The van der Waals surface area contributed by atoms with Gasteiger partial charge < -0.3 is 5.11 Å². The van der Waals surface area contributed by atoms with Crippen LogP contribution in [0.3, 0.4) is 0 Å². The van der Waals surface area contributed by atoms with E-state index >= 15 is 0 Å². The molecule has 1 aromatic rings. The van der Waals surface area contributed by atoms with Crippen LogP contribution in [0.15, 0.2) is 24.3 Å². The highest BCUT2D eigenvalue weighted by atomic mass is 19.4. The molecule has 0 spiro atoms. The van der Waals surface area contributed by atoms with Crippen molar-refractivity contribution in [1.82, 2.24) is 4.90 Å². The molecule has 2 rings (SSSR count). The van der Waals surface area contributed by atoms with E-state index in [-0.39, 0.29) is 17.9 Å². The zero-order chi connectivity index (χ0) is 24.1. The lowest BCUT2D eigenvalue weighted by Crippen LogP contribution is -2.45. The van der Waals surface area contributed by atoms with Gasteiger partial charge in [0.2, 0.25) is 0 Å². The zero-order valence-corrected chi connectivity index (χ0v) is 20.2. The molecule has 182 valence electrons. The summed E-state index contributed by atoms with van der Waals surface area (Å²) in [5.74, 6) is -0.0251. The topological polar surface area (TPSA) is 40.5 Å². The maximum Gasteiger partial charge on any atom is 0.416 e. The Labute approximate surface area is 191 Å². The monoisotopic (exact) mass is 455 g/mol. The molecule has 1 aliphatic carbocycles. The maximum absolute atomic E-state index is 13.1. The Balaban J connectivity index is 2.35. The first-order chi connectivity index (χ1) is 14.9. The third-order valence-corrected chi connectivity index (χ3v) is 7.07. The summed E-state index contributed by atoms with van der Waals surface area (Å²) in [6.07, 6.45) is 0.209. The number of carboxylic acids is 1. The van der Waals surface area contributed by atoms with Gasteiger partial charge in [0.15, 0.2) is 0 Å². The van der Waals surface area contributed by atoms with Crippen molar-refractivity contribution in [3.63, 3.8) is 0 Å². The minimum absolute atomic E-state index is 0.0353. The van der Waals surface area contributed by atoms with Crippen LogP contribution >= 0.6 is 0 Å². The van der Waals surface area contributed by atoms with E-state index in [2.05, 4.69) is 32.6 Å². The van der Waals surface area contributed by atoms with Crippen LogP contribution in [-0.2, 0) is 11.0 Å². The van der Waals surface area contributed by atoms with Crippen molar-refractivity contribution in [2.45, 2.75) is 84.9 Å². The van der Waals surface area contributed by atoms with Crippen molar-refractivity contribution in [2.24, 2.45) is 23.7 Å². The van der Waals surface area contributed by atoms with Gasteiger partial charge in [-0.15, -0.1) is 0 Å². The Bertz CT molecular complexity index is 703. The summed E-state index contributed by atoms with van der Waals surface area (Å²) in [6, 6.07) is 5.78. The molecule has 0 amide bonds. The molecule has 0 heterocycles. The Morgan fingerprint density at radius 3 is 1.97 bits per heavy atom. The van der Waals surface area contributed by atoms with E-state index < -0.39 is 23.6 Å². The maximum atomic E-state index is 13.1. The second-order valence-corrected chi connectivity index (χ2v) is 10.4. The van der Waals surface area contributed by atoms with E-state index in [9.17, 15) is 23.1 Å². The van der Waals surface area contributed by atoms with Crippen LogP contribution in [0.2, 0.25) is 0 Å². The molecular weight excluding hydrogens is 415 g/mol. The summed E-state index contributed by atoms with van der Waals surface area (Å²) in [7, 11) is 0. The third-order valence-electron chi connectivity index (χ3n) is 7.07. The number of rotatable bonds is 10. The van der Waals surface area contributed by atoms with Gasteiger partial charge in [-0.3, -0.25) is 9.69 Å². The number of alkyl halides is 3. The van der Waals surface area contributed by atoms with E-state index in [4.69, 9.17) is 0 Å². The molecule has 1 N–H and O–H groups in total. The molecule has 0 aliphatic heterocycles. The Morgan fingerprint density at radius 2 is 1.53 bits per heavy atom. The van der Waals surface area contributed by atoms with Crippen LogP contribution < -0.4 is 0 Å². The number of carbonyl (C=O) groups is 1. The van der Waals surface area contributed by atoms with Gasteiger partial charge in [-0.05, 0) is 86.6 Å². The molecule has 1 fully saturated rings. The van der Waals surface area contributed by atoms with Crippen molar-refractivity contribution < 1.29 is 23.1 Å². The van der Waals surface area contributed by atoms with Gasteiger partial charge in [0.25, 0.3) is 0 Å². The molecule has 0 radical (unpaired) electrons. The quantitative estimate of drug-likeness (QED) is 0.410. The predicted octanol–water partition coefficient (Wildman–Crippen LogP) is 7.07. The lowest BCUT2D eigenvalue weighted by molar-refractivity contribution is -0.143. The molecule has 32 heavy (non-hydrogen) atoms. The molecule has 0 unspecified atom stereocenters. The molecule has 6 heteroatoms. The van der Waals surface area contributed by atoms with Crippen molar-refractivity contribution >= 4 is 5.97 Å². The van der Waals surface area contributed by atoms with Gasteiger partial charge >= 0.3 is 12.1 Å². The average Bonchev–Trinajstić information content (AvgIpc) is 2.72. The summed E-state index contributed by atoms with van der Waals surface area (Å²) in [4.78, 5) is 14.2. The largest absolute Gasteiger partial charge is 0.481 e. The van der Waals surface area contributed by atoms with Crippen molar-refractivity contribution in [2.75, 3.05) is 13.1 Å². The van der Waals surface area contributed by atoms with Crippen LogP contribution in [0, 0.1) is 23.7 Å². The van der Waals surface area contributed by atoms with E-state index in [1.807, 2.05) is 0 Å². The summed E-state index contributed by atoms with van der Waals surface area (Å²) >= 11 is 0. The Kier molecular flexibility index (Phi) is 9.62. The van der Waals surface area contributed by atoms with Gasteiger partial charge in [-0.2, -0.15) is 13.2 Å². The fraction of sp³-hybridized carbons (Fsp3) is 0.731. The lowest BCUT2D eigenvalue weighted by atomic mass is 9.70. The summed E-state index contributed by atoms with van der Waals surface area (Å²) in [5, 5.41) is 9.55. The second kappa shape index (κ2) is 11.5. The Morgan fingerprint density at radius 1 is 1.00 bits per heavy atom. The summed E-state index contributed by atoms with van der Waals surface area (Å²) in [6.45, 7) is 12.5. The number of carboxylic acid groups (broad SMARTS) is 1. The molecule has 4 atom stereocenters. The minimum Gasteiger partial charge on any atom is -0.481 e. The summed E-state index contributed by atoms with van der Waals surface area (Å²) in [5.41, 5.74) is 0.255. The summed E-state index contributed by atoms with van der Waals surface area (Å²) < 4.78 is 39.3. The van der Waals surface area contributed by atoms with Gasteiger partial charge in [0.05, 0.1) is 11.5 Å². The lowest BCUT2D eigenvalue weighted by Gasteiger charge is -2.44. The molecule has 0 bridgehead atoms. The van der Waals surface area contributed by atoms with Gasteiger partial charge in [0, 0.05) is 6.04 Å². The molecule has 1 saturated carbocycles. The van der Waals surface area contributed by atoms with E-state index in [1.54, 1.807) is 19.1 Å². The third kappa shape index (κ3) is 7.50. The van der Waals surface area contributed by atoms with E-state index in [0.29, 0.717) is 18.3 Å². The van der Waals surface area contributed by atoms with E-state index in [0.717, 1.165) is 44.3 Å². The molecule has 0 saturated heterocycles. The van der Waals surface area contributed by atoms with Gasteiger partial charge in [-0.25, -0.2) is 0 Å². The SMILES string of the molecule is CC(C)CCN(CCC(C)C)[C@@H]1CC[C@@H]([C@H](C)C(=O)O)C[C@H]1c1ccc(C(F)(F)F)cc1. The van der Waals surface area contributed by atoms with Crippen LogP contribution in [-0.4, -0.2) is 35.1 Å². The number of nitrogens with zero attached hydrogens (tertiary/aromatic N) is 1. The van der Waals surface area contributed by atoms with Crippen LogP contribution in [0.5, 0.6) is 0 Å². The fourth-order valence-electron chi connectivity index (χ4n) is 4.85. The van der Waals surface area contributed by atoms with E-state index in [1.165, 1.54) is 12.1 Å². The van der Waals surface area contributed by atoms with Crippen molar-refractivity contribution in [1.29, 1.82) is 0 Å². The smallest absolute Gasteiger partial charge is 0.416 e. The average molecular weight is 456 g/mol. The molecule has 1 aromatic carbocycles. The Hall–Kier alpha value is -1.56. The normalized spacial score (nSPS) is 23.2. The van der Waals surface area contributed by atoms with Gasteiger partial charge in [0.1, 0.15) is 0 Å². The van der Waals surface area contributed by atoms with Gasteiger partial charge in [-0.1, -0.05) is 46.8 Å². The first kappa shape index (κ1) is 26.7. The van der Waals surface area contributed by atoms with Crippen LogP contribution in [0.25, 0.3) is 0 Å². The molecule has 3 nitrogen and oxygen atoms in total. The first-order valence-electron chi connectivity index (χ1n) is 12.0. The number of hydrogen-bond donors (Lipinski definition) is 1. The number of hydrogen-bond acceptors (Lipinski definition) is 2. The fourth-order valence-corrected chi connectivity index (χ4v) is 4.85. The highest BCUT2D eigenvalue weighted by Crippen LogP contribution is 2.43. The standard InChI is InChI=1S/C26H40F3NO2/c1-17(2)12-14-30(15-13-18(3)4)24-11-8-21(19(5)25(31)32)16-23(24)20-6-9-22(10-7-20)26(27,28)29/h6-7,9-10,17-19,21,23-24H,8,11-16H2,1-5H3,(H,31,32)/t19-,21+,23-,24+/m0/s1. The molecule has 0 aromatic heterocycles. The first-order valence-corrected chi connectivity index (χ1v) is 12.0. The molecular formula is C26H40F3NO2. The highest BCUT2D eigenvalue weighted by molar-refractivity contribution is 5.69. The zero-order valence-electron chi connectivity index (χ0n) is 20.2. The highest BCUT2D eigenvalue weighted by Gasteiger charge is 2.39. The second-order valence-electron chi connectivity index (χ2n) is 10.4.